The van der Waals surface area contributed by atoms with Gasteiger partial charge in [-0.1, -0.05) is 24.9 Å². The fraction of sp³-hybridized carbons (Fsp3) is 0.241. The first-order valence-corrected chi connectivity index (χ1v) is 12.9. The van der Waals surface area contributed by atoms with Gasteiger partial charge in [0, 0.05) is 40.0 Å². The molecule has 2 bridgehead atoms. The molecule has 0 fully saturated rings. The Kier molecular flexibility index (Phi) is 7.46. The number of hydrogen-bond donors (Lipinski definition) is 1. The molecule has 0 radical (unpaired) electrons. The molecule has 0 saturated carbocycles. The average molecular weight is 571 g/mol. The molecule has 2 unspecified atom stereocenters. The fourth-order valence-electron chi connectivity index (χ4n) is 4.86. The van der Waals surface area contributed by atoms with Crippen LogP contribution in [0.2, 0.25) is 5.02 Å². The van der Waals surface area contributed by atoms with Crippen LogP contribution in [-0.4, -0.2) is 20.4 Å². The van der Waals surface area contributed by atoms with Crippen molar-refractivity contribution < 1.29 is 22.4 Å². The topological polar surface area (TPSA) is 76.9 Å². The summed E-state index contributed by atoms with van der Waals surface area (Å²) in [7, 11) is 0. The summed E-state index contributed by atoms with van der Waals surface area (Å²) >= 11 is 5.96. The molecule has 0 saturated heterocycles. The molecule has 3 heterocycles. The standard InChI is InChI=1S/C29H23ClF4N4O2/c1-16-3-2-4-26(25-11-17(9-10-35-25)20-13-19(31)6-8-23(20)37-28(16)40)38-15-36-24(14-27(38)39)21-12-18(30)5-7-22(21)29(32,33)34/h5-16,26H,2-4H2,1H3,(H,37,40). The second-order valence-electron chi connectivity index (χ2n) is 9.70. The van der Waals surface area contributed by atoms with Crippen molar-refractivity contribution in [3.63, 3.8) is 0 Å². The monoisotopic (exact) mass is 570 g/mol. The third-order valence-corrected chi connectivity index (χ3v) is 7.21. The van der Waals surface area contributed by atoms with Crippen LogP contribution in [0.25, 0.3) is 22.4 Å². The lowest BCUT2D eigenvalue weighted by Gasteiger charge is -2.23. The number of alkyl halides is 3. The number of carbonyl (C=O) groups is 1. The molecule has 1 amide bonds. The van der Waals surface area contributed by atoms with Gasteiger partial charge in [0.2, 0.25) is 5.91 Å². The van der Waals surface area contributed by atoms with Crippen molar-refractivity contribution in [3.8, 4) is 22.4 Å². The minimum atomic E-state index is -4.67. The number of anilines is 1. The molecule has 1 aliphatic rings. The van der Waals surface area contributed by atoms with Gasteiger partial charge in [-0.3, -0.25) is 19.1 Å². The van der Waals surface area contributed by atoms with E-state index in [1.165, 1.54) is 35.3 Å². The summed E-state index contributed by atoms with van der Waals surface area (Å²) in [4.78, 5) is 34.9. The summed E-state index contributed by atoms with van der Waals surface area (Å²) in [5, 5.41) is 2.95. The van der Waals surface area contributed by atoms with E-state index in [-0.39, 0.29) is 28.1 Å². The maximum absolute atomic E-state index is 14.2. The zero-order chi connectivity index (χ0) is 28.6. The van der Waals surface area contributed by atoms with Crippen LogP contribution in [0.4, 0.5) is 23.2 Å². The van der Waals surface area contributed by atoms with Crippen LogP contribution in [0, 0.1) is 11.7 Å². The number of halogens is 5. The third-order valence-electron chi connectivity index (χ3n) is 6.97. The van der Waals surface area contributed by atoms with E-state index in [2.05, 4.69) is 15.3 Å². The van der Waals surface area contributed by atoms with Crippen molar-refractivity contribution >= 4 is 23.2 Å². The number of rotatable bonds is 2. The lowest BCUT2D eigenvalue weighted by molar-refractivity contribution is -0.137. The lowest BCUT2D eigenvalue weighted by Crippen LogP contribution is -2.27. The van der Waals surface area contributed by atoms with E-state index in [1.54, 1.807) is 19.1 Å². The fourth-order valence-corrected chi connectivity index (χ4v) is 5.04. The summed E-state index contributed by atoms with van der Waals surface area (Å²) in [5.41, 5.74) is -0.0587. The highest BCUT2D eigenvalue weighted by Crippen LogP contribution is 2.38. The Balaban J connectivity index is 1.61. The van der Waals surface area contributed by atoms with Crippen molar-refractivity contribution in [1.82, 2.24) is 14.5 Å². The summed E-state index contributed by atoms with van der Waals surface area (Å²) < 4.78 is 56.5. The SMILES string of the molecule is CC1CCCC(n2cnc(-c3cc(Cl)ccc3C(F)(F)F)cc2=O)c2cc(ccn2)-c2cc(F)ccc2NC1=O. The molecule has 5 rings (SSSR count). The highest BCUT2D eigenvalue weighted by atomic mass is 35.5. The summed E-state index contributed by atoms with van der Waals surface area (Å²) in [5.74, 6) is -1.08. The van der Waals surface area contributed by atoms with Gasteiger partial charge >= 0.3 is 6.18 Å². The van der Waals surface area contributed by atoms with E-state index in [9.17, 15) is 27.2 Å². The number of aromatic nitrogens is 3. The van der Waals surface area contributed by atoms with Gasteiger partial charge in [0.25, 0.3) is 5.56 Å². The van der Waals surface area contributed by atoms with Crippen LogP contribution >= 0.6 is 11.6 Å². The number of fused-ring (bicyclic) bond motifs is 4. The van der Waals surface area contributed by atoms with Gasteiger partial charge in [-0.25, -0.2) is 9.37 Å². The van der Waals surface area contributed by atoms with Gasteiger partial charge in [0.1, 0.15) is 5.82 Å². The number of nitrogens with zero attached hydrogens (tertiary/aromatic N) is 3. The predicted molar refractivity (Wildman–Crippen MR) is 143 cm³/mol. The number of benzene rings is 2. The van der Waals surface area contributed by atoms with E-state index in [0.717, 1.165) is 24.3 Å². The van der Waals surface area contributed by atoms with Gasteiger partial charge in [-0.05, 0) is 66.9 Å². The van der Waals surface area contributed by atoms with E-state index >= 15 is 0 Å². The normalized spacial score (nSPS) is 17.8. The number of pyridine rings is 1. The minimum Gasteiger partial charge on any atom is -0.325 e. The Labute approximate surface area is 231 Å². The molecule has 0 spiro atoms. The van der Waals surface area contributed by atoms with Crippen LogP contribution in [0.1, 0.15) is 43.5 Å². The molecule has 6 nitrogen and oxygen atoms in total. The predicted octanol–water partition coefficient (Wildman–Crippen LogP) is 7.13. The number of amides is 1. The van der Waals surface area contributed by atoms with E-state index < -0.39 is 29.2 Å². The third kappa shape index (κ3) is 5.62. The molecule has 2 aromatic heterocycles. The maximum Gasteiger partial charge on any atom is 0.417 e. The van der Waals surface area contributed by atoms with E-state index in [1.807, 2.05) is 0 Å². The molecule has 2 atom stereocenters. The molecule has 4 aromatic rings. The van der Waals surface area contributed by atoms with Gasteiger partial charge in [0.05, 0.1) is 29.3 Å². The van der Waals surface area contributed by atoms with Gasteiger partial charge in [-0.15, -0.1) is 0 Å². The van der Waals surface area contributed by atoms with E-state index in [0.29, 0.717) is 41.8 Å². The van der Waals surface area contributed by atoms with Crippen LogP contribution < -0.4 is 10.9 Å². The molecule has 2 aromatic carbocycles. The largest absolute Gasteiger partial charge is 0.417 e. The van der Waals surface area contributed by atoms with Crippen molar-refractivity contribution in [2.24, 2.45) is 5.92 Å². The van der Waals surface area contributed by atoms with Crippen LogP contribution in [0.5, 0.6) is 0 Å². The Morgan fingerprint density at radius 3 is 2.52 bits per heavy atom. The highest BCUT2D eigenvalue weighted by molar-refractivity contribution is 6.30. The molecule has 1 N–H and O–H groups in total. The van der Waals surface area contributed by atoms with Crippen LogP contribution in [0.3, 0.4) is 0 Å². The number of hydrogen-bond acceptors (Lipinski definition) is 4. The lowest BCUT2D eigenvalue weighted by atomic mass is 9.95. The molecular formula is C29H23ClF4N4O2. The van der Waals surface area contributed by atoms with Crippen LogP contribution in [-0.2, 0) is 11.0 Å². The second kappa shape index (κ2) is 10.8. The molecule has 11 heteroatoms. The maximum atomic E-state index is 14.2. The second-order valence-corrected chi connectivity index (χ2v) is 10.1. The Hall–Kier alpha value is -4.05. The smallest absolute Gasteiger partial charge is 0.325 e. The molecule has 0 aliphatic carbocycles. The molecular weight excluding hydrogens is 548 g/mol. The van der Waals surface area contributed by atoms with Crippen molar-refractivity contribution in [1.29, 1.82) is 0 Å². The first-order valence-electron chi connectivity index (χ1n) is 12.5. The molecule has 1 aliphatic heterocycles. The number of nitrogens with one attached hydrogen (secondary N) is 1. The summed E-state index contributed by atoms with van der Waals surface area (Å²) in [6, 6.07) is 11.0. The Bertz CT molecular complexity index is 1650. The van der Waals surface area contributed by atoms with Crippen LogP contribution in [0.15, 0.2) is 71.9 Å². The minimum absolute atomic E-state index is 0.0733. The first kappa shape index (κ1) is 27.5. The molecule has 40 heavy (non-hydrogen) atoms. The van der Waals surface area contributed by atoms with E-state index in [4.69, 9.17) is 11.6 Å². The zero-order valence-electron chi connectivity index (χ0n) is 21.2. The molecule has 206 valence electrons. The van der Waals surface area contributed by atoms with Crippen molar-refractivity contribution in [2.75, 3.05) is 5.32 Å². The van der Waals surface area contributed by atoms with Gasteiger partial charge < -0.3 is 5.32 Å². The van der Waals surface area contributed by atoms with Gasteiger partial charge in [0.15, 0.2) is 0 Å². The van der Waals surface area contributed by atoms with Gasteiger partial charge in [-0.2, -0.15) is 13.2 Å². The first-order chi connectivity index (χ1) is 19.0. The summed E-state index contributed by atoms with van der Waals surface area (Å²) in [6.45, 7) is 1.78. The summed E-state index contributed by atoms with van der Waals surface area (Å²) in [6.07, 6.45) is -0.508. The average Bonchev–Trinajstić information content (AvgIpc) is 2.91. The van der Waals surface area contributed by atoms with Crippen molar-refractivity contribution in [2.45, 2.75) is 38.4 Å². The van der Waals surface area contributed by atoms with Crippen molar-refractivity contribution in [3.05, 3.63) is 99.6 Å². The zero-order valence-corrected chi connectivity index (χ0v) is 21.9. The quantitative estimate of drug-likeness (QED) is 0.260. The highest BCUT2D eigenvalue weighted by Gasteiger charge is 2.34. The Morgan fingerprint density at radius 2 is 1.77 bits per heavy atom. The number of carbonyl (C=O) groups excluding carboxylic acids is 1. The Morgan fingerprint density at radius 1 is 0.975 bits per heavy atom.